The number of hydrogen-bond donors (Lipinski definition) is 0. The molecule has 0 bridgehead atoms. The van der Waals surface area contributed by atoms with Crippen LogP contribution in [-0.4, -0.2) is 30.6 Å². The van der Waals surface area contributed by atoms with Crippen molar-refractivity contribution in [2.45, 2.75) is 43.8 Å². The molecule has 1 atom stereocenters. The quantitative estimate of drug-likeness (QED) is 0.713. The fourth-order valence-electron chi connectivity index (χ4n) is 4.54. The average molecular weight is 394 g/mol. The van der Waals surface area contributed by atoms with Crippen molar-refractivity contribution >= 4 is 33.8 Å². The van der Waals surface area contributed by atoms with Gasteiger partial charge in [0, 0.05) is 13.2 Å². The van der Waals surface area contributed by atoms with Gasteiger partial charge in [-0.1, -0.05) is 74.0 Å². The monoisotopic (exact) mass is 393 g/mol. The average Bonchev–Trinajstić information content (AvgIpc) is 2.75. The maximum Gasteiger partial charge on any atom is 0.256 e. The molecule has 0 aromatic heterocycles. The molecule has 1 radical (unpaired) electrons. The Balaban J connectivity index is 1.78. The van der Waals surface area contributed by atoms with Gasteiger partial charge in [0.2, 0.25) is 9.04 Å². The van der Waals surface area contributed by atoms with Crippen LogP contribution < -0.4 is 10.4 Å². The lowest BCUT2D eigenvalue weighted by atomic mass is 10.2. The summed E-state index contributed by atoms with van der Waals surface area (Å²) in [6, 6.07) is 21.4. The molecule has 2 aromatic rings. The predicted octanol–water partition coefficient (Wildman–Crippen LogP) is 4.08. The van der Waals surface area contributed by atoms with Crippen molar-refractivity contribution in [3.05, 3.63) is 66.2 Å². The zero-order valence-electron chi connectivity index (χ0n) is 16.1. The highest BCUT2D eigenvalue weighted by Gasteiger charge is 2.43. The smallest absolute Gasteiger partial charge is 0.256 e. The van der Waals surface area contributed by atoms with Gasteiger partial charge in [-0.05, 0) is 52.5 Å². The van der Waals surface area contributed by atoms with Crippen LogP contribution in [-0.2, 0) is 14.9 Å². The number of benzene rings is 2. The summed E-state index contributed by atoms with van der Waals surface area (Å²) in [5, 5.41) is 2.87. The number of rotatable bonds is 5. The molecule has 2 saturated heterocycles. The minimum atomic E-state index is -2.24. The first-order valence-electron chi connectivity index (χ1n) is 10.3. The Kier molecular flexibility index (Phi) is 6.08. The molecular formula is C23H29O2Si2. The Bertz CT molecular complexity index is 777. The van der Waals surface area contributed by atoms with E-state index in [1.807, 2.05) is 6.08 Å². The van der Waals surface area contributed by atoms with Gasteiger partial charge >= 0.3 is 0 Å². The summed E-state index contributed by atoms with van der Waals surface area (Å²) in [4.78, 5) is 0. The van der Waals surface area contributed by atoms with Gasteiger partial charge in [-0.3, -0.25) is 0 Å². The summed E-state index contributed by atoms with van der Waals surface area (Å²) in [6.45, 7) is 5.91. The molecule has 2 aliphatic rings. The van der Waals surface area contributed by atoms with Gasteiger partial charge in [0.25, 0.3) is 8.32 Å². The highest BCUT2D eigenvalue weighted by molar-refractivity contribution is 6.98. The molecule has 2 aromatic carbocycles. The molecule has 0 spiro atoms. The van der Waals surface area contributed by atoms with E-state index in [-0.39, 0.29) is 0 Å². The largest absolute Gasteiger partial charge is 0.416 e. The first-order valence-corrected chi connectivity index (χ1v) is 14.2. The summed E-state index contributed by atoms with van der Waals surface area (Å²) >= 11 is 0. The molecule has 1 unspecified atom stereocenters. The molecule has 2 heterocycles. The molecule has 0 aliphatic carbocycles. The maximum absolute atomic E-state index is 6.77. The van der Waals surface area contributed by atoms with Crippen molar-refractivity contribution in [2.75, 3.05) is 13.2 Å². The van der Waals surface area contributed by atoms with Crippen LogP contribution >= 0.6 is 0 Å². The van der Waals surface area contributed by atoms with Gasteiger partial charge in [-0.2, -0.15) is 0 Å². The van der Waals surface area contributed by atoms with Crippen LogP contribution in [0.1, 0.15) is 36.8 Å². The Hall–Kier alpha value is -1.47. The van der Waals surface area contributed by atoms with E-state index in [1.54, 1.807) is 0 Å². The van der Waals surface area contributed by atoms with E-state index in [1.165, 1.54) is 53.2 Å². The first kappa shape index (κ1) is 18.9. The third kappa shape index (κ3) is 3.90. The second-order valence-electron chi connectivity index (χ2n) is 7.60. The third-order valence-corrected chi connectivity index (χ3v) is 12.6. The van der Waals surface area contributed by atoms with Crippen molar-refractivity contribution in [3.8, 4) is 0 Å². The van der Waals surface area contributed by atoms with Gasteiger partial charge in [0.1, 0.15) is 0 Å². The van der Waals surface area contributed by atoms with Crippen molar-refractivity contribution in [3.63, 3.8) is 0 Å². The Morgan fingerprint density at radius 3 is 2.44 bits per heavy atom. The van der Waals surface area contributed by atoms with Crippen LogP contribution in [0.2, 0.25) is 12.1 Å². The van der Waals surface area contributed by atoms with Gasteiger partial charge in [-0.25, -0.2) is 0 Å². The standard InChI is InChI=1S/C23H29O2Si2/c1-2-20-11-3-5-13-22(20)27(18-10-8-16-25-27)23-14-6-4-12-21(23)19-26-17-9-7-15-24-26/h2-6,11-14H,1,7-10,15-19H2. The van der Waals surface area contributed by atoms with Gasteiger partial charge in [-0.15, -0.1) is 0 Å². The lowest BCUT2D eigenvalue weighted by Gasteiger charge is -2.38. The molecule has 141 valence electrons. The molecular weight excluding hydrogens is 364 g/mol. The Morgan fingerprint density at radius 1 is 0.926 bits per heavy atom. The minimum Gasteiger partial charge on any atom is -0.416 e. The molecule has 0 N–H and O–H groups in total. The van der Waals surface area contributed by atoms with Gasteiger partial charge in [0.05, 0.1) is 0 Å². The predicted molar refractivity (Wildman–Crippen MR) is 117 cm³/mol. The van der Waals surface area contributed by atoms with Crippen molar-refractivity contribution in [2.24, 2.45) is 0 Å². The maximum atomic E-state index is 6.77. The van der Waals surface area contributed by atoms with Crippen LogP contribution in [0.25, 0.3) is 6.08 Å². The molecule has 0 amide bonds. The van der Waals surface area contributed by atoms with Crippen LogP contribution in [0, 0.1) is 0 Å². The SMILES string of the molecule is C=Cc1ccccc1[Si]1(c2ccccc2C[Si]2CCCCO2)CCCCO1. The second kappa shape index (κ2) is 8.69. The highest BCUT2D eigenvalue weighted by atomic mass is 28.4. The summed E-state index contributed by atoms with van der Waals surface area (Å²) in [7, 11) is -2.98. The second-order valence-corrected chi connectivity index (χ2v) is 13.3. The lowest BCUT2D eigenvalue weighted by Crippen LogP contribution is -2.64. The van der Waals surface area contributed by atoms with Crippen molar-refractivity contribution in [1.82, 2.24) is 0 Å². The van der Waals surface area contributed by atoms with E-state index in [0.717, 1.165) is 25.3 Å². The Labute approximate surface area is 166 Å². The normalized spacial score (nSPS) is 23.9. The van der Waals surface area contributed by atoms with Crippen molar-refractivity contribution < 1.29 is 8.85 Å². The van der Waals surface area contributed by atoms with E-state index in [4.69, 9.17) is 8.85 Å². The molecule has 2 nitrogen and oxygen atoms in total. The highest BCUT2D eigenvalue weighted by Crippen LogP contribution is 2.26. The van der Waals surface area contributed by atoms with Crippen molar-refractivity contribution in [1.29, 1.82) is 0 Å². The van der Waals surface area contributed by atoms with Gasteiger partial charge < -0.3 is 8.85 Å². The zero-order chi connectivity index (χ0) is 18.5. The van der Waals surface area contributed by atoms with Crippen LogP contribution in [0.5, 0.6) is 0 Å². The van der Waals surface area contributed by atoms with Crippen LogP contribution in [0.15, 0.2) is 55.1 Å². The molecule has 2 fully saturated rings. The fraction of sp³-hybridized carbons (Fsp3) is 0.391. The molecule has 27 heavy (non-hydrogen) atoms. The summed E-state index contributed by atoms with van der Waals surface area (Å²) in [6.07, 6.45) is 6.98. The molecule has 0 saturated carbocycles. The summed E-state index contributed by atoms with van der Waals surface area (Å²) in [5.74, 6) is 0. The molecule has 4 heteroatoms. The fourth-order valence-corrected chi connectivity index (χ4v) is 11.5. The third-order valence-electron chi connectivity index (χ3n) is 5.88. The summed E-state index contributed by atoms with van der Waals surface area (Å²) in [5.41, 5.74) is 2.71. The summed E-state index contributed by atoms with van der Waals surface area (Å²) < 4.78 is 12.9. The first-order chi connectivity index (χ1) is 13.3. The van der Waals surface area contributed by atoms with E-state index in [0.29, 0.717) is 0 Å². The molecule has 2 aliphatic heterocycles. The topological polar surface area (TPSA) is 18.5 Å². The minimum absolute atomic E-state index is 0.737. The van der Waals surface area contributed by atoms with E-state index < -0.39 is 17.4 Å². The van der Waals surface area contributed by atoms with Gasteiger partial charge in [0.15, 0.2) is 0 Å². The van der Waals surface area contributed by atoms with E-state index >= 15 is 0 Å². The van der Waals surface area contributed by atoms with E-state index in [9.17, 15) is 0 Å². The zero-order valence-corrected chi connectivity index (χ0v) is 18.1. The lowest BCUT2D eigenvalue weighted by molar-refractivity contribution is 0.283. The van der Waals surface area contributed by atoms with Crippen LogP contribution in [0.4, 0.5) is 0 Å². The van der Waals surface area contributed by atoms with Crippen LogP contribution in [0.3, 0.4) is 0 Å². The number of hydrogen-bond acceptors (Lipinski definition) is 2. The van der Waals surface area contributed by atoms with E-state index in [2.05, 4.69) is 55.1 Å². The molecule has 4 rings (SSSR count). The Morgan fingerprint density at radius 2 is 1.70 bits per heavy atom.